The van der Waals surface area contributed by atoms with Crippen LogP contribution in [-0.2, 0) is 5.41 Å². The minimum Gasteiger partial charge on any atom is -0.326 e. The molecule has 3 nitrogen and oxygen atoms in total. The molecule has 0 atom stereocenters. The van der Waals surface area contributed by atoms with Crippen molar-refractivity contribution in [1.82, 2.24) is 9.97 Å². The summed E-state index contributed by atoms with van der Waals surface area (Å²) in [5, 5.41) is 3.31. The summed E-state index contributed by atoms with van der Waals surface area (Å²) in [6.45, 7) is 6.64. The van der Waals surface area contributed by atoms with E-state index in [1.807, 2.05) is 18.2 Å². The van der Waals surface area contributed by atoms with Crippen molar-refractivity contribution >= 4 is 38.6 Å². The summed E-state index contributed by atoms with van der Waals surface area (Å²) in [7, 11) is 0. The molecule has 0 bridgehead atoms. The molecule has 1 heterocycles. The van der Waals surface area contributed by atoms with E-state index >= 15 is 0 Å². The number of halogens is 1. The SMILES string of the molecule is CC(C)(C)c1ccc(Nc2nc3ccc(Br)cc3[nH]2)cc1. The van der Waals surface area contributed by atoms with Crippen LogP contribution in [0.1, 0.15) is 26.3 Å². The highest BCUT2D eigenvalue weighted by atomic mass is 79.9. The number of rotatable bonds is 2. The Morgan fingerprint density at radius 2 is 1.76 bits per heavy atom. The highest BCUT2D eigenvalue weighted by molar-refractivity contribution is 9.10. The maximum Gasteiger partial charge on any atom is 0.205 e. The molecule has 0 saturated heterocycles. The second-order valence-electron chi connectivity index (χ2n) is 6.20. The van der Waals surface area contributed by atoms with Gasteiger partial charge in [0.15, 0.2) is 0 Å². The predicted molar refractivity (Wildman–Crippen MR) is 92.2 cm³/mol. The molecule has 21 heavy (non-hydrogen) atoms. The van der Waals surface area contributed by atoms with Gasteiger partial charge in [-0.05, 0) is 41.3 Å². The highest BCUT2D eigenvalue weighted by Gasteiger charge is 2.13. The van der Waals surface area contributed by atoms with Gasteiger partial charge in [-0.1, -0.05) is 48.8 Å². The summed E-state index contributed by atoms with van der Waals surface area (Å²) in [5.74, 6) is 0.756. The Morgan fingerprint density at radius 3 is 2.43 bits per heavy atom. The van der Waals surface area contributed by atoms with E-state index in [9.17, 15) is 0 Å². The van der Waals surface area contributed by atoms with Crippen molar-refractivity contribution in [2.24, 2.45) is 0 Å². The Hall–Kier alpha value is -1.81. The van der Waals surface area contributed by atoms with E-state index in [-0.39, 0.29) is 5.41 Å². The molecule has 0 aliphatic rings. The van der Waals surface area contributed by atoms with Gasteiger partial charge in [0.05, 0.1) is 11.0 Å². The smallest absolute Gasteiger partial charge is 0.205 e. The monoisotopic (exact) mass is 343 g/mol. The minimum atomic E-state index is 0.171. The first kappa shape index (κ1) is 14.1. The number of imidazole rings is 1. The lowest BCUT2D eigenvalue weighted by atomic mass is 9.87. The lowest BCUT2D eigenvalue weighted by Crippen LogP contribution is -2.10. The lowest BCUT2D eigenvalue weighted by Gasteiger charge is -2.19. The van der Waals surface area contributed by atoms with Crippen LogP contribution in [0, 0.1) is 0 Å². The summed E-state index contributed by atoms with van der Waals surface area (Å²) in [6, 6.07) is 14.5. The van der Waals surface area contributed by atoms with Crippen LogP contribution in [0.25, 0.3) is 11.0 Å². The number of hydrogen-bond acceptors (Lipinski definition) is 2. The number of benzene rings is 2. The molecule has 0 radical (unpaired) electrons. The van der Waals surface area contributed by atoms with Crippen LogP contribution in [0.2, 0.25) is 0 Å². The van der Waals surface area contributed by atoms with E-state index < -0.39 is 0 Å². The van der Waals surface area contributed by atoms with Gasteiger partial charge in [-0.2, -0.15) is 0 Å². The van der Waals surface area contributed by atoms with Gasteiger partial charge < -0.3 is 10.3 Å². The summed E-state index contributed by atoms with van der Waals surface area (Å²) < 4.78 is 1.04. The molecule has 0 amide bonds. The molecule has 3 aromatic rings. The van der Waals surface area contributed by atoms with Gasteiger partial charge in [-0.15, -0.1) is 0 Å². The summed E-state index contributed by atoms with van der Waals surface area (Å²) in [5.41, 5.74) is 4.48. The Labute approximate surface area is 132 Å². The third kappa shape index (κ3) is 3.10. The van der Waals surface area contributed by atoms with Gasteiger partial charge >= 0.3 is 0 Å². The average molecular weight is 344 g/mol. The van der Waals surface area contributed by atoms with Crippen molar-refractivity contribution in [1.29, 1.82) is 0 Å². The third-order valence-corrected chi connectivity index (χ3v) is 3.95. The number of hydrogen-bond donors (Lipinski definition) is 2. The van der Waals surface area contributed by atoms with E-state index in [1.54, 1.807) is 0 Å². The number of nitrogens with zero attached hydrogens (tertiary/aromatic N) is 1. The first-order valence-electron chi connectivity index (χ1n) is 6.95. The molecule has 0 fully saturated rings. The molecule has 2 N–H and O–H groups in total. The van der Waals surface area contributed by atoms with Crippen molar-refractivity contribution in [2.75, 3.05) is 5.32 Å². The molecular weight excluding hydrogens is 326 g/mol. The summed E-state index contributed by atoms with van der Waals surface area (Å²) >= 11 is 3.47. The minimum absolute atomic E-state index is 0.171. The number of nitrogens with one attached hydrogen (secondary N) is 2. The van der Waals surface area contributed by atoms with E-state index in [1.165, 1.54) is 5.56 Å². The topological polar surface area (TPSA) is 40.7 Å². The third-order valence-electron chi connectivity index (χ3n) is 3.46. The second-order valence-corrected chi connectivity index (χ2v) is 7.11. The number of aromatic nitrogens is 2. The van der Waals surface area contributed by atoms with Crippen LogP contribution in [0.3, 0.4) is 0 Å². The summed E-state index contributed by atoms with van der Waals surface area (Å²) in [4.78, 5) is 7.81. The van der Waals surface area contributed by atoms with Crippen molar-refractivity contribution in [2.45, 2.75) is 26.2 Å². The fourth-order valence-corrected chi connectivity index (χ4v) is 2.59. The normalized spacial score (nSPS) is 11.8. The van der Waals surface area contributed by atoms with Gasteiger partial charge in [-0.25, -0.2) is 4.98 Å². The zero-order valence-electron chi connectivity index (χ0n) is 12.4. The van der Waals surface area contributed by atoms with Crippen LogP contribution in [0.4, 0.5) is 11.6 Å². The first-order valence-corrected chi connectivity index (χ1v) is 7.74. The average Bonchev–Trinajstić information content (AvgIpc) is 2.79. The van der Waals surface area contributed by atoms with Crippen molar-refractivity contribution < 1.29 is 0 Å². The largest absolute Gasteiger partial charge is 0.326 e. The Morgan fingerprint density at radius 1 is 1.05 bits per heavy atom. The Bertz CT molecular complexity index is 767. The van der Waals surface area contributed by atoms with Crippen LogP contribution < -0.4 is 5.32 Å². The molecule has 0 unspecified atom stereocenters. The maximum atomic E-state index is 4.53. The van der Waals surface area contributed by atoms with Gasteiger partial charge in [0.2, 0.25) is 5.95 Å². The summed E-state index contributed by atoms with van der Waals surface area (Å²) in [6.07, 6.45) is 0. The van der Waals surface area contributed by atoms with Gasteiger partial charge in [-0.3, -0.25) is 0 Å². The standard InChI is InChI=1S/C17H18BrN3/c1-17(2,3)11-4-7-13(8-5-11)19-16-20-14-9-6-12(18)10-15(14)21-16/h4-10H,1-3H3,(H2,19,20,21). The Kier molecular flexibility index (Phi) is 3.49. The van der Waals surface area contributed by atoms with Crippen molar-refractivity contribution in [3.8, 4) is 0 Å². The number of H-pyrrole nitrogens is 1. The molecule has 2 aromatic carbocycles. The van der Waals surface area contributed by atoms with Gasteiger partial charge in [0, 0.05) is 10.2 Å². The van der Waals surface area contributed by atoms with Crippen LogP contribution in [-0.4, -0.2) is 9.97 Å². The molecule has 0 spiro atoms. The maximum absolute atomic E-state index is 4.53. The molecule has 1 aromatic heterocycles. The number of fused-ring (bicyclic) bond motifs is 1. The van der Waals surface area contributed by atoms with E-state index in [4.69, 9.17) is 0 Å². The first-order chi connectivity index (χ1) is 9.91. The molecule has 0 aliphatic heterocycles. The van der Waals surface area contributed by atoms with Crippen LogP contribution in [0.15, 0.2) is 46.9 Å². The fourth-order valence-electron chi connectivity index (χ4n) is 2.23. The molecule has 0 aliphatic carbocycles. The number of aromatic amines is 1. The zero-order valence-corrected chi connectivity index (χ0v) is 14.0. The molecule has 4 heteroatoms. The zero-order chi connectivity index (χ0) is 15.0. The van der Waals surface area contributed by atoms with Crippen molar-refractivity contribution in [3.05, 3.63) is 52.5 Å². The molecule has 0 saturated carbocycles. The second kappa shape index (κ2) is 5.19. The van der Waals surface area contributed by atoms with Gasteiger partial charge in [0.1, 0.15) is 0 Å². The van der Waals surface area contributed by atoms with E-state index in [2.05, 4.69) is 76.3 Å². The number of anilines is 2. The molecule has 3 rings (SSSR count). The van der Waals surface area contributed by atoms with E-state index in [0.29, 0.717) is 0 Å². The molecular formula is C17H18BrN3. The Balaban J connectivity index is 1.84. The predicted octanol–water partition coefficient (Wildman–Crippen LogP) is 5.37. The lowest BCUT2D eigenvalue weighted by molar-refractivity contribution is 0.590. The van der Waals surface area contributed by atoms with Crippen LogP contribution in [0.5, 0.6) is 0 Å². The fraction of sp³-hybridized carbons (Fsp3) is 0.235. The molecule has 108 valence electrons. The van der Waals surface area contributed by atoms with Gasteiger partial charge in [0.25, 0.3) is 0 Å². The van der Waals surface area contributed by atoms with E-state index in [0.717, 1.165) is 27.1 Å². The van der Waals surface area contributed by atoms with Crippen LogP contribution >= 0.6 is 15.9 Å². The highest BCUT2D eigenvalue weighted by Crippen LogP contribution is 2.25. The quantitative estimate of drug-likeness (QED) is 0.656. The van der Waals surface area contributed by atoms with Crippen molar-refractivity contribution in [3.63, 3.8) is 0 Å².